The van der Waals surface area contributed by atoms with Crippen LogP contribution in [0.15, 0.2) is 12.1 Å². The largest absolute Gasteiger partial charge is 0.444 e. The molecule has 0 radical (unpaired) electrons. The van der Waals surface area contributed by atoms with Crippen molar-refractivity contribution in [2.75, 3.05) is 20.1 Å². The van der Waals surface area contributed by atoms with Gasteiger partial charge in [-0.2, -0.15) is 0 Å². The van der Waals surface area contributed by atoms with Gasteiger partial charge in [-0.1, -0.05) is 11.6 Å². The number of thiophene rings is 1. The van der Waals surface area contributed by atoms with E-state index in [1.54, 1.807) is 11.3 Å². The molecule has 0 fully saturated rings. The predicted octanol–water partition coefficient (Wildman–Crippen LogP) is 3.08. The van der Waals surface area contributed by atoms with Crippen LogP contribution in [0.25, 0.3) is 0 Å². The van der Waals surface area contributed by atoms with Crippen LogP contribution in [0.1, 0.15) is 32.1 Å². The molecule has 0 saturated carbocycles. The molecule has 1 aromatic rings. The number of hydrogen-bond acceptors (Lipinski definition) is 5. The van der Waals surface area contributed by atoms with Crippen molar-refractivity contribution in [1.29, 1.82) is 0 Å². The smallest absolute Gasteiger partial charge is 0.407 e. The zero-order valence-electron chi connectivity index (χ0n) is 13.7. The molecule has 1 heterocycles. The topological polar surface area (TPSA) is 67.6 Å². The van der Waals surface area contributed by atoms with Crippen LogP contribution in [0.5, 0.6) is 0 Å². The highest BCUT2D eigenvalue weighted by atomic mass is 35.5. The molecule has 7 heteroatoms. The van der Waals surface area contributed by atoms with Gasteiger partial charge in [-0.25, -0.2) is 4.79 Å². The molecule has 126 valence electrons. The van der Waals surface area contributed by atoms with E-state index in [0.717, 1.165) is 17.3 Å². The van der Waals surface area contributed by atoms with Crippen LogP contribution >= 0.6 is 22.9 Å². The number of nitrogens with zero attached hydrogens (tertiary/aromatic N) is 1. The third-order valence-corrected chi connectivity index (χ3v) is 4.29. The van der Waals surface area contributed by atoms with Crippen LogP contribution in [-0.2, 0) is 11.3 Å². The van der Waals surface area contributed by atoms with Crippen molar-refractivity contribution in [2.24, 2.45) is 5.73 Å². The Morgan fingerprint density at radius 1 is 1.50 bits per heavy atom. The first-order valence-corrected chi connectivity index (χ1v) is 8.52. The van der Waals surface area contributed by atoms with E-state index in [-0.39, 0.29) is 6.04 Å². The van der Waals surface area contributed by atoms with E-state index in [1.165, 1.54) is 4.88 Å². The Hall–Kier alpha value is -0.820. The molecule has 0 aromatic carbocycles. The molecule has 3 N–H and O–H groups in total. The molecule has 1 aromatic heterocycles. The highest BCUT2D eigenvalue weighted by Crippen LogP contribution is 2.23. The lowest BCUT2D eigenvalue weighted by molar-refractivity contribution is 0.0522. The Morgan fingerprint density at radius 2 is 2.18 bits per heavy atom. The standard InChI is InChI=1S/C15H26ClN3O2S/c1-15(2,3)21-14(20)18-8-7-11(9-17)19(4)10-12-5-6-13(16)22-12/h5-6,11H,7-10,17H2,1-4H3,(H,18,20). The molecule has 22 heavy (non-hydrogen) atoms. The predicted molar refractivity (Wildman–Crippen MR) is 92.5 cm³/mol. The number of likely N-dealkylation sites (N-methyl/N-ethyl adjacent to an activating group) is 1. The maximum atomic E-state index is 11.6. The third kappa shape index (κ3) is 7.45. The molecule has 0 bridgehead atoms. The van der Waals surface area contributed by atoms with Gasteiger partial charge < -0.3 is 15.8 Å². The average Bonchev–Trinajstić information content (AvgIpc) is 2.77. The highest BCUT2D eigenvalue weighted by molar-refractivity contribution is 7.16. The monoisotopic (exact) mass is 347 g/mol. The summed E-state index contributed by atoms with van der Waals surface area (Å²) in [5, 5.41) is 2.76. The van der Waals surface area contributed by atoms with Crippen molar-refractivity contribution < 1.29 is 9.53 Å². The summed E-state index contributed by atoms with van der Waals surface area (Å²) >= 11 is 7.51. The van der Waals surface area contributed by atoms with Crippen LogP contribution in [0.2, 0.25) is 4.34 Å². The van der Waals surface area contributed by atoms with Gasteiger partial charge in [-0.3, -0.25) is 4.90 Å². The van der Waals surface area contributed by atoms with Gasteiger partial charge in [0.25, 0.3) is 0 Å². The summed E-state index contributed by atoms with van der Waals surface area (Å²) in [7, 11) is 2.03. The number of hydrogen-bond donors (Lipinski definition) is 2. The molecule has 0 saturated heterocycles. The van der Waals surface area contributed by atoms with E-state index in [1.807, 2.05) is 40.0 Å². The maximum Gasteiger partial charge on any atom is 0.407 e. The van der Waals surface area contributed by atoms with Gasteiger partial charge >= 0.3 is 6.09 Å². The van der Waals surface area contributed by atoms with E-state index in [9.17, 15) is 4.79 Å². The van der Waals surface area contributed by atoms with Crippen LogP contribution in [0.4, 0.5) is 4.79 Å². The second kappa shape index (κ2) is 8.72. The molecule has 0 aliphatic carbocycles. The SMILES string of the molecule is CN(Cc1ccc(Cl)s1)C(CN)CCNC(=O)OC(C)(C)C. The maximum absolute atomic E-state index is 11.6. The first-order valence-electron chi connectivity index (χ1n) is 7.32. The Kier molecular flexibility index (Phi) is 7.62. The summed E-state index contributed by atoms with van der Waals surface area (Å²) in [4.78, 5) is 15.0. The second-order valence-corrected chi connectivity index (χ2v) is 8.03. The molecular formula is C15H26ClN3O2S. The van der Waals surface area contributed by atoms with Gasteiger partial charge in [0, 0.05) is 30.6 Å². The first kappa shape index (κ1) is 19.2. The van der Waals surface area contributed by atoms with Gasteiger partial charge in [0.15, 0.2) is 0 Å². The zero-order valence-corrected chi connectivity index (χ0v) is 15.3. The molecule has 0 aliphatic heterocycles. The normalized spacial score (nSPS) is 13.2. The van der Waals surface area contributed by atoms with Crippen LogP contribution in [-0.4, -0.2) is 42.8 Å². The molecule has 1 amide bonds. The van der Waals surface area contributed by atoms with Crippen molar-refractivity contribution >= 4 is 29.0 Å². The Morgan fingerprint density at radius 3 is 2.68 bits per heavy atom. The summed E-state index contributed by atoms with van der Waals surface area (Å²) in [5.74, 6) is 0. The molecule has 5 nitrogen and oxygen atoms in total. The summed E-state index contributed by atoms with van der Waals surface area (Å²) < 4.78 is 6.00. The average molecular weight is 348 g/mol. The number of carbonyl (C=O) groups is 1. The van der Waals surface area contributed by atoms with Gasteiger partial charge in [0.05, 0.1) is 4.34 Å². The lowest BCUT2D eigenvalue weighted by Gasteiger charge is -2.27. The van der Waals surface area contributed by atoms with Crippen molar-refractivity contribution in [3.05, 3.63) is 21.3 Å². The molecule has 0 aliphatic rings. The van der Waals surface area contributed by atoms with Gasteiger partial charge in [0.1, 0.15) is 5.60 Å². The van der Waals surface area contributed by atoms with Gasteiger partial charge in [0.2, 0.25) is 0 Å². The number of alkyl carbamates (subject to hydrolysis) is 1. The Balaban J connectivity index is 2.36. The number of nitrogens with two attached hydrogens (primary N) is 1. The highest BCUT2D eigenvalue weighted by Gasteiger charge is 2.17. The molecular weight excluding hydrogens is 322 g/mol. The minimum absolute atomic E-state index is 0.191. The molecule has 0 spiro atoms. The van der Waals surface area contributed by atoms with E-state index >= 15 is 0 Å². The Labute approximate surface area is 141 Å². The Bertz CT molecular complexity index is 474. The second-order valence-electron chi connectivity index (χ2n) is 6.23. The van der Waals surface area contributed by atoms with Crippen LogP contribution in [0, 0.1) is 0 Å². The van der Waals surface area contributed by atoms with Crippen molar-refractivity contribution in [1.82, 2.24) is 10.2 Å². The lowest BCUT2D eigenvalue weighted by atomic mass is 10.2. The van der Waals surface area contributed by atoms with Gasteiger partial charge in [-0.05, 0) is 46.4 Å². The molecule has 1 unspecified atom stereocenters. The van der Waals surface area contributed by atoms with E-state index in [2.05, 4.69) is 10.2 Å². The van der Waals surface area contributed by atoms with Crippen LogP contribution in [0.3, 0.4) is 0 Å². The zero-order chi connectivity index (χ0) is 16.8. The van der Waals surface area contributed by atoms with E-state index < -0.39 is 11.7 Å². The minimum Gasteiger partial charge on any atom is -0.444 e. The number of amides is 1. The molecule has 1 rings (SSSR count). The van der Waals surface area contributed by atoms with E-state index in [4.69, 9.17) is 22.1 Å². The van der Waals surface area contributed by atoms with Gasteiger partial charge in [-0.15, -0.1) is 11.3 Å². The molecule has 1 atom stereocenters. The number of halogens is 1. The van der Waals surface area contributed by atoms with Crippen molar-refractivity contribution in [3.8, 4) is 0 Å². The number of rotatable bonds is 7. The van der Waals surface area contributed by atoms with E-state index in [0.29, 0.717) is 13.1 Å². The summed E-state index contributed by atoms with van der Waals surface area (Å²) in [6.07, 6.45) is 0.377. The van der Waals surface area contributed by atoms with Crippen LogP contribution < -0.4 is 11.1 Å². The minimum atomic E-state index is -0.480. The fourth-order valence-electron chi connectivity index (χ4n) is 1.98. The number of carbonyl (C=O) groups excluding carboxylic acids is 1. The van der Waals surface area contributed by atoms with Crippen molar-refractivity contribution in [2.45, 2.75) is 45.4 Å². The summed E-state index contributed by atoms with van der Waals surface area (Å²) in [5.41, 5.74) is 5.36. The fourth-order valence-corrected chi connectivity index (χ4v) is 3.14. The number of nitrogens with one attached hydrogen (secondary N) is 1. The fraction of sp³-hybridized carbons (Fsp3) is 0.667. The lowest BCUT2D eigenvalue weighted by Crippen LogP contribution is -2.41. The summed E-state index contributed by atoms with van der Waals surface area (Å²) in [6, 6.07) is 4.11. The quantitative estimate of drug-likeness (QED) is 0.795. The van der Waals surface area contributed by atoms with Crippen molar-refractivity contribution in [3.63, 3.8) is 0 Å². The summed E-state index contributed by atoms with van der Waals surface area (Å²) in [6.45, 7) is 7.39. The first-order chi connectivity index (χ1) is 10.2. The number of ether oxygens (including phenoxy) is 1. The third-order valence-electron chi connectivity index (χ3n) is 3.08.